The zero-order valence-electron chi connectivity index (χ0n) is 25.9. The quantitative estimate of drug-likeness (QED) is 0.342. The summed E-state index contributed by atoms with van der Waals surface area (Å²) in [6, 6.07) is 9.50. The number of carbonyl (C=O) groups is 1. The maximum absolute atomic E-state index is 14.1. The molecule has 1 amide bonds. The van der Waals surface area contributed by atoms with Crippen molar-refractivity contribution in [2.45, 2.75) is 83.8 Å². The first-order valence-corrected chi connectivity index (χ1v) is 16.5. The molecule has 1 atom stereocenters. The van der Waals surface area contributed by atoms with Gasteiger partial charge in [0.2, 0.25) is 0 Å². The molecule has 1 N–H and O–H groups in total. The Morgan fingerprint density at radius 1 is 1.07 bits per heavy atom. The summed E-state index contributed by atoms with van der Waals surface area (Å²) in [5.41, 5.74) is 3.08. The summed E-state index contributed by atoms with van der Waals surface area (Å²) in [7, 11) is 0. The summed E-state index contributed by atoms with van der Waals surface area (Å²) in [6.07, 6.45) is 16.8. The number of phenolic OH excluding ortho intramolecular Hbond substituents is 1. The van der Waals surface area contributed by atoms with Crippen molar-refractivity contribution >= 4 is 22.5 Å². The SMILES string of the molecule is C#Cc1cccc2cc(O)cc(C(=O)N3Cc4nc(OCC5(CN6CCCCC6)CC5)nc(N5CCCCCC5C)c4C3)c12. The number of anilines is 1. The molecule has 8 heteroatoms. The van der Waals surface area contributed by atoms with Gasteiger partial charge in [0.1, 0.15) is 11.6 Å². The summed E-state index contributed by atoms with van der Waals surface area (Å²) < 4.78 is 6.45. The number of benzene rings is 2. The van der Waals surface area contributed by atoms with Gasteiger partial charge in [-0.2, -0.15) is 9.97 Å². The largest absolute Gasteiger partial charge is 0.508 e. The molecule has 4 aliphatic rings. The van der Waals surface area contributed by atoms with E-state index in [-0.39, 0.29) is 17.1 Å². The third kappa shape index (κ3) is 5.70. The summed E-state index contributed by atoms with van der Waals surface area (Å²) >= 11 is 0. The van der Waals surface area contributed by atoms with E-state index in [9.17, 15) is 9.90 Å². The Bertz CT molecular complexity index is 1600. The van der Waals surface area contributed by atoms with E-state index in [1.165, 1.54) is 64.1 Å². The zero-order valence-corrected chi connectivity index (χ0v) is 25.9. The van der Waals surface area contributed by atoms with E-state index in [1.54, 1.807) is 11.0 Å². The van der Waals surface area contributed by atoms with Crippen LogP contribution in [0.4, 0.5) is 5.82 Å². The van der Waals surface area contributed by atoms with Gasteiger partial charge in [-0.1, -0.05) is 37.3 Å². The number of aromatic hydroxyl groups is 1. The number of terminal acetylenes is 1. The molecule has 1 aromatic heterocycles. The van der Waals surface area contributed by atoms with Crippen molar-refractivity contribution in [3.8, 4) is 24.1 Å². The number of hydrogen-bond acceptors (Lipinski definition) is 7. The van der Waals surface area contributed by atoms with Gasteiger partial charge in [0.15, 0.2) is 0 Å². The van der Waals surface area contributed by atoms with Crippen molar-refractivity contribution in [3.05, 3.63) is 52.7 Å². The van der Waals surface area contributed by atoms with Crippen LogP contribution in [0.2, 0.25) is 0 Å². The molecular formula is C36H43N5O3. The fourth-order valence-corrected chi connectivity index (χ4v) is 7.46. The highest BCUT2D eigenvalue weighted by Gasteiger charge is 2.45. The van der Waals surface area contributed by atoms with E-state index in [4.69, 9.17) is 21.1 Å². The van der Waals surface area contributed by atoms with Crippen molar-refractivity contribution in [1.29, 1.82) is 0 Å². The van der Waals surface area contributed by atoms with Crippen LogP contribution in [-0.2, 0) is 13.1 Å². The minimum absolute atomic E-state index is 0.0415. The lowest BCUT2D eigenvalue weighted by molar-refractivity contribution is 0.0752. The number of phenols is 1. The van der Waals surface area contributed by atoms with E-state index in [1.807, 2.05) is 18.2 Å². The fourth-order valence-electron chi connectivity index (χ4n) is 7.46. The molecule has 230 valence electrons. The molecule has 7 rings (SSSR count). The van der Waals surface area contributed by atoms with Gasteiger partial charge in [0, 0.05) is 41.1 Å². The molecule has 0 bridgehead atoms. The van der Waals surface area contributed by atoms with Crippen LogP contribution >= 0.6 is 0 Å². The van der Waals surface area contributed by atoms with Crippen LogP contribution in [0.15, 0.2) is 30.3 Å². The Morgan fingerprint density at radius 2 is 1.86 bits per heavy atom. The Hall–Kier alpha value is -3.83. The molecule has 1 unspecified atom stereocenters. The molecule has 8 nitrogen and oxygen atoms in total. The van der Waals surface area contributed by atoms with E-state index in [2.05, 4.69) is 22.6 Å². The average Bonchev–Trinajstić information content (AvgIpc) is 3.72. The minimum Gasteiger partial charge on any atom is -0.508 e. The Balaban J connectivity index is 1.18. The van der Waals surface area contributed by atoms with Gasteiger partial charge in [-0.05, 0) is 82.1 Å². The second-order valence-corrected chi connectivity index (χ2v) is 13.5. The number of likely N-dealkylation sites (tertiary alicyclic amines) is 1. The minimum atomic E-state index is -0.178. The topological polar surface area (TPSA) is 82.0 Å². The number of rotatable bonds is 7. The van der Waals surface area contributed by atoms with Crippen molar-refractivity contribution in [2.24, 2.45) is 5.41 Å². The van der Waals surface area contributed by atoms with Crippen LogP contribution in [0.25, 0.3) is 10.8 Å². The predicted octanol–water partition coefficient (Wildman–Crippen LogP) is 5.89. The standard InChI is InChI=1S/C36H43N5O3/c1-3-26-12-10-13-27-19-28(42)20-29(32(26)27)34(43)40-21-30-31(22-40)37-35(38-33(30)41-18-9-4-6-11-25(41)2)44-24-36(14-15-36)23-39-16-7-5-8-17-39/h1,10,12-13,19-20,25,42H,4-9,11,14-18,21-24H2,2H3. The number of piperidine rings is 1. The number of carbonyl (C=O) groups excluding carboxylic acids is 1. The Labute approximate surface area is 260 Å². The third-order valence-electron chi connectivity index (χ3n) is 10.2. The smallest absolute Gasteiger partial charge is 0.318 e. The van der Waals surface area contributed by atoms with Crippen LogP contribution in [-0.4, -0.2) is 69.6 Å². The molecule has 3 aliphatic heterocycles. The number of fused-ring (bicyclic) bond motifs is 2. The van der Waals surface area contributed by atoms with Gasteiger partial charge >= 0.3 is 6.01 Å². The first-order valence-electron chi connectivity index (χ1n) is 16.5. The van der Waals surface area contributed by atoms with E-state index < -0.39 is 0 Å². The van der Waals surface area contributed by atoms with Crippen molar-refractivity contribution in [2.75, 3.05) is 37.7 Å². The summed E-state index contributed by atoms with van der Waals surface area (Å²) in [6.45, 7) is 8.07. The second-order valence-electron chi connectivity index (χ2n) is 13.5. The summed E-state index contributed by atoms with van der Waals surface area (Å²) in [5, 5.41) is 11.9. The van der Waals surface area contributed by atoms with Crippen LogP contribution in [0.1, 0.15) is 91.9 Å². The van der Waals surface area contributed by atoms with Crippen LogP contribution in [0, 0.1) is 17.8 Å². The molecule has 2 aromatic carbocycles. The second kappa shape index (κ2) is 11.9. The van der Waals surface area contributed by atoms with Crippen molar-refractivity contribution < 1.29 is 14.6 Å². The lowest BCUT2D eigenvalue weighted by atomic mass is 9.98. The highest BCUT2D eigenvalue weighted by molar-refractivity contribution is 6.09. The van der Waals surface area contributed by atoms with Gasteiger partial charge < -0.3 is 24.5 Å². The van der Waals surface area contributed by atoms with Gasteiger partial charge in [0.05, 0.1) is 31.0 Å². The highest BCUT2D eigenvalue weighted by atomic mass is 16.5. The third-order valence-corrected chi connectivity index (χ3v) is 10.2. The predicted molar refractivity (Wildman–Crippen MR) is 172 cm³/mol. The molecular weight excluding hydrogens is 550 g/mol. The molecule has 2 saturated heterocycles. The maximum Gasteiger partial charge on any atom is 0.318 e. The van der Waals surface area contributed by atoms with E-state index >= 15 is 0 Å². The number of aromatic nitrogens is 2. The molecule has 1 saturated carbocycles. The van der Waals surface area contributed by atoms with Crippen molar-refractivity contribution in [1.82, 2.24) is 19.8 Å². The van der Waals surface area contributed by atoms with Crippen molar-refractivity contribution in [3.63, 3.8) is 0 Å². The lowest BCUT2D eigenvalue weighted by Crippen LogP contribution is -2.37. The molecule has 0 radical (unpaired) electrons. The summed E-state index contributed by atoms with van der Waals surface area (Å²) in [5.74, 6) is 3.49. The van der Waals surface area contributed by atoms with Gasteiger partial charge in [-0.25, -0.2) is 0 Å². The first kappa shape index (κ1) is 28.9. The molecule has 3 aromatic rings. The van der Waals surface area contributed by atoms with Crippen LogP contribution < -0.4 is 9.64 Å². The normalized spacial score (nSPS) is 21.5. The maximum atomic E-state index is 14.1. The van der Waals surface area contributed by atoms with Gasteiger partial charge in [-0.15, -0.1) is 6.42 Å². The lowest BCUT2D eigenvalue weighted by Gasteiger charge is -2.31. The van der Waals surface area contributed by atoms with Crippen LogP contribution in [0.3, 0.4) is 0 Å². The monoisotopic (exact) mass is 593 g/mol. The zero-order chi connectivity index (χ0) is 30.3. The van der Waals surface area contributed by atoms with E-state index in [0.717, 1.165) is 48.4 Å². The van der Waals surface area contributed by atoms with Crippen LogP contribution in [0.5, 0.6) is 11.8 Å². The summed E-state index contributed by atoms with van der Waals surface area (Å²) in [4.78, 5) is 31.0. The van der Waals surface area contributed by atoms with Gasteiger partial charge in [0.25, 0.3) is 5.91 Å². The van der Waals surface area contributed by atoms with E-state index in [0.29, 0.717) is 48.3 Å². The fraction of sp³-hybridized carbons (Fsp3) is 0.528. The van der Waals surface area contributed by atoms with Gasteiger partial charge in [-0.3, -0.25) is 4.79 Å². The average molecular weight is 594 g/mol. The molecule has 0 spiro atoms. The number of amides is 1. The first-order chi connectivity index (χ1) is 21.4. The molecule has 4 heterocycles. The highest BCUT2D eigenvalue weighted by Crippen LogP contribution is 2.47. The Kier molecular flexibility index (Phi) is 7.84. The molecule has 44 heavy (non-hydrogen) atoms. The molecule has 1 aliphatic carbocycles. The number of ether oxygens (including phenoxy) is 1. The number of nitrogens with zero attached hydrogens (tertiary/aromatic N) is 5. The molecule has 3 fully saturated rings. The Morgan fingerprint density at radius 3 is 2.66 bits per heavy atom. The number of hydrogen-bond donors (Lipinski definition) is 1.